The summed E-state index contributed by atoms with van der Waals surface area (Å²) in [5.41, 5.74) is 4.40. The van der Waals surface area contributed by atoms with Crippen LogP contribution in [0.25, 0.3) is 0 Å². The minimum Gasteiger partial charge on any atom is -0.377 e. The Balaban J connectivity index is 1.69. The Morgan fingerprint density at radius 3 is 2.82 bits per heavy atom. The molecule has 1 aromatic carbocycles. The van der Waals surface area contributed by atoms with Gasteiger partial charge in [-0.2, -0.15) is 0 Å². The first-order valence-electron chi connectivity index (χ1n) is 7.31. The van der Waals surface area contributed by atoms with Gasteiger partial charge >= 0.3 is 0 Å². The Morgan fingerprint density at radius 2 is 2.18 bits per heavy atom. The van der Waals surface area contributed by atoms with Crippen molar-refractivity contribution in [2.75, 3.05) is 30.0 Å². The van der Waals surface area contributed by atoms with Crippen LogP contribution in [0.2, 0.25) is 0 Å². The average Bonchev–Trinajstić information content (AvgIpc) is 2.95. The Bertz CT molecular complexity index is 654. The lowest BCUT2D eigenvalue weighted by Crippen LogP contribution is -2.43. The Morgan fingerprint density at radius 1 is 1.41 bits per heavy atom. The Labute approximate surface area is 133 Å². The number of aryl methyl sites for hydroxylation is 1. The zero-order valence-corrected chi connectivity index (χ0v) is 13.5. The number of nitrogens with zero attached hydrogens (tertiary/aromatic N) is 2. The quantitative estimate of drug-likeness (QED) is 0.945. The van der Waals surface area contributed by atoms with Crippen molar-refractivity contribution < 1.29 is 9.53 Å². The minimum absolute atomic E-state index is 0.104. The third kappa shape index (κ3) is 3.13. The van der Waals surface area contributed by atoms with Gasteiger partial charge in [0.25, 0.3) is 5.91 Å². The molecule has 0 bridgehead atoms. The highest BCUT2D eigenvalue weighted by atomic mass is 32.1. The Hall–Kier alpha value is -1.92. The topological polar surface area (TPSA) is 54.5 Å². The van der Waals surface area contributed by atoms with Crippen LogP contribution in [-0.2, 0) is 4.74 Å². The Kier molecular flexibility index (Phi) is 4.40. The summed E-state index contributed by atoms with van der Waals surface area (Å²) in [5, 5.41) is 2.91. The molecule has 1 fully saturated rings. The van der Waals surface area contributed by atoms with Crippen LogP contribution < -0.4 is 10.2 Å². The largest absolute Gasteiger partial charge is 0.377 e. The molecule has 1 atom stereocenters. The molecule has 0 radical (unpaired) electrons. The molecule has 1 saturated heterocycles. The molecule has 22 heavy (non-hydrogen) atoms. The molecule has 5 nitrogen and oxygen atoms in total. The van der Waals surface area contributed by atoms with Crippen molar-refractivity contribution in [2.45, 2.75) is 19.9 Å². The molecule has 116 valence electrons. The van der Waals surface area contributed by atoms with E-state index < -0.39 is 0 Å². The van der Waals surface area contributed by atoms with E-state index in [1.54, 1.807) is 5.51 Å². The molecule has 2 aromatic rings. The highest BCUT2D eigenvalue weighted by molar-refractivity contribution is 7.12. The minimum atomic E-state index is -0.104. The SMILES string of the molecule is Cc1ncsc1C(=O)Nc1ccc(N2CCOC[C@H]2C)cc1. The summed E-state index contributed by atoms with van der Waals surface area (Å²) in [7, 11) is 0. The van der Waals surface area contributed by atoms with Gasteiger partial charge in [-0.25, -0.2) is 4.98 Å². The van der Waals surface area contributed by atoms with Gasteiger partial charge in [-0.05, 0) is 38.1 Å². The normalized spacial score (nSPS) is 18.3. The second-order valence-corrected chi connectivity index (χ2v) is 6.24. The molecule has 1 N–H and O–H groups in total. The van der Waals surface area contributed by atoms with Crippen LogP contribution in [0, 0.1) is 6.92 Å². The maximum atomic E-state index is 12.2. The van der Waals surface area contributed by atoms with Crippen LogP contribution in [0.1, 0.15) is 22.3 Å². The number of anilines is 2. The predicted molar refractivity (Wildman–Crippen MR) is 88.9 cm³/mol. The second kappa shape index (κ2) is 6.46. The fraction of sp³-hybridized carbons (Fsp3) is 0.375. The number of amides is 1. The summed E-state index contributed by atoms with van der Waals surface area (Å²) in [6, 6.07) is 8.32. The first-order chi connectivity index (χ1) is 10.6. The van der Waals surface area contributed by atoms with Gasteiger partial charge in [-0.3, -0.25) is 4.79 Å². The van der Waals surface area contributed by atoms with Gasteiger partial charge in [0, 0.05) is 24.0 Å². The number of ether oxygens (including phenoxy) is 1. The van der Waals surface area contributed by atoms with Crippen molar-refractivity contribution in [1.82, 2.24) is 4.98 Å². The van der Waals surface area contributed by atoms with Crippen molar-refractivity contribution >= 4 is 28.6 Å². The number of rotatable bonds is 3. The van der Waals surface area contributed by atoms with Gasteiger partial charge in [0.05, 0.1) is 24.4 Å². The standard InChI is InChI=1S/C16H19N3O2S/c1-11-9-21-8-7-19(11)14-5-3-13(4-6-14)18-16(20)15-12(2)17-10-22-15/h3-6,10-11H,7-9H2,1-2H3,(H,18,20)/t11-/m1/s1. The van der Waals surface area contributed by atoms with E-state index in [0.717, 1.165) is 36.8 Å². The van der Waals surface area contributed by atoms with Crippen LogP contribution in [0.15, 0.2) is 29.8 Å². The van der Waals surface area contributed by atoms with Crippen molar-refractivity contribution in [3.63, 3.8) is 0 Å². The molecule has 0 saturated carbocycles. The smallest absolute Gasteiger partial charge is 0.267 e. The molecule has 1 amide bonds. The molecular weight excluding hydrogens is 298 g/mol. The van der Waals surface area contributed by atoms with E-state index in [1.807, 2.05) is 31.2 Å². The third-order valence-electron chi connectivity index (χ3n) is 3.78. The number of aromatic nitrogens is 1. The molecule has 1 aromatic heterocycles. The van der Waals surface area contributed by atoms with Gasteiger partial charge in [0.15, 0.2) is 0 Å². The molecule has 0 spiro atoms. The number of hydrogen-bond acceptors (Lipinski definition) is 5. The summed E-state index contributed by atoms with van der Waals surface area (Å²) in [6.07, 6.45) is 0. The van der Waals surface area contributed by atoms with E-state index in [-0.39, 0.29) is 5.91 Å². The van der Waals surface area contributed by atoms with Gasteiger partial charge in [-0.1, -0.05) is 0 Å². The van der Waals surface area contributed by atoms with Crippen molar-refractivity contribution in [3.8, 4) is 0 Å². The van der Waals surface area contributed by atoms with Crippen LogP contribution in [0.5, 0.6) is 0 Å². The first kappa shape index (κ1) is 15.0. The van der Waals surface area contributed by atoms with Crippen molar-refractivity contribution in [3.05, 3.63) is 40.3 Å². The molecule has 2 heterocycles. The lowest BCUT2D eigenvalue weighted by molar-refractivity contribution is 0.0989. The number of hydrogen-bond donors (Lipinski definition) is 1. The zero-order chi connectivity index (χ0) is 15.5. The first-order valence-corrected chi connectivity index (χ1v) is 8.19. The van der Waals surface area contributed by atoms with Crippen LogP contribution >= 0.6 is 11.3 Å². The van der Waals surface area contributed by atoms with E-state index in [9.17, 15) is 4.79 Å². The molecule has 0 unspecified atom stereocenters. The molecule has 1 aliphatic rings. The van der Waals surface area contributed by atoms with E-state index in [1.165, 1.54) is 11.3 Å². The van der Waals surface area contributed by atoms with Crippen LogP contribution in [0.3, 0.4) is 0 Å². The number of thiazole rings is 1. The monoisotopic (exact) mass is 317 g/mol. The second-order valence-electron chi connectivity index (χ2n) is 5.39. The summed E-state index contributed by atoms with van der Waals surface area (Å²) >= 11 is 1.36. The maximum absolute atomic E-state index is 12.2. The number of nitrogens with one attached hydrogen (secondary N) is 1. The van der Waals surface area contributed by atoms with Crippen molar-refractivity contribution in [2.24, 2.45) is 0 Å². The third-order valence-corrected chi connectivity index (χ3v) is 4.70. The fourth-order valence-corrected chi connectivity index (χ4v) is 3.25. The molecular formula is C16H19N3O2S. The lowest BCUT2D eigenvalue weighted by atomic mass is 10.2. The number of benzene rings is 1. The van der Waals surface area contributed by atoms with Crippen molar-refractivity contribution in [1.29, 1.82) is 0 Å². The molecule has 0 aliphatic carbocycles. The lowest BCUT2D eigenvalue weighted by Gasteiger charge is -2.35. The summed E-state index contributed by atoms with van der Waals surface area (Å²) in [4.78, 5) is 19.2. The predicted octanol–water partition coefficient (Wildman–Crippen LogP) is 2.93. The van der Waals surface area contributed by atoms with E-state index in [0.29, 0.717) is 10.9 Å². The van der Waals surface area contributed by atoms with Gasteiger partial charge in [0.1, 0.15) is 4.88 Å². The summed E-state index contributed by atoms with van der Waals surface area (Å²) in [6.45, 7) is 6.40. The number of carbonyl (C=O) groups excluding carboxylic acids is 1. The van der Waals surface area contributed by atoms with Crippen LogP contribution in [0.4, 0.5) is 11.4 Å². The van der Waals surface area contributed by atoms with Crippen LogP contribution in [-0.4, -0.2) is 36.7 Å². The highest BCUT2D eigenvalue weighted by Gasteiger charge is 2.19. The average molecular weight is 317 g/mol. The molecule has 3 rings (SSSR count). The van der Waals surface area contributed by atoms with Gasteiger partial charge < -0.3 is 15.0 Å². The van der Waals surface area contributed by atoms with E-state index in [2.05, 4.69) is 22.1 Å². The number of carbonyl (C=O) groups is 1. The van der Waals surface area contributed by atoms with E-state index >= 15 is 0 Å². The van der Waals surface area contributed by atoms with Gasteiger partial charge in [-0.15, -0.1) is 11.3 Å². The van der Waals surface area contributed by atoms with Gasteiger partial charge in [0.2, 0.25) is 0 Å². The fourth-order valence-electron chi connectivity index (χ4n) is 2.55. The number of morpholine rings is 1. The summed E-state index contributed by atoms with van der Waals surface area (Å²) < 4.78 is 5.46. The molecule has 6 heteroatoms. The molecule has 1 aliphatic heterocycles. The maximum Gasteiger partial charge on any atom is 0.267 e. The highest BCUT2D eigenvalue weighted by Crippen LogP contribution is 2.22. The van der Waals surface area contributed by atoms with E-state index in [4.69, 9.17) is 4.74 Å². The zero-order valence-electron chi connectivity index (χ0n) is 12.7. The summed E-state index contributed by atoms with van der Waals surface area (Å²) in [5.74, 6) is -0.104.